The molecule has 2 rings (SSSR count). The van der Waals surface area contributed by atoms with Gasteiger partial charge in [-0.25, -0.2) is 0 Å². The van der Waals surface area contributed by atoms with Gasteiger partial charge in [0.25, 0.3) is 0 Å². The van der Waals surface area contributed by atoms with Crippen molar-refractivity contribution < 1.29 is 18.8 Å². The smallest absolute Gasteiger partial charge is 0.311 e. The van der Waals surface area contributed by atoms with Gasteiger partial charge >= 0.3 is 5.97 Å². The van der Waals surface area contributed by atoms with Gasteiger partial charge in [0.15, 0.2) is 0 Å². The zero-order valence-electron chi connectivity index (χ0n) is 21.1. The summed E-state index contributed by atoms with van der Waals surface area (Å²) < 4.78 is 12.0. The number of hydrogen-bond donors (Lipinski definition) is 0. The average molecular weight is 455 g/mol. The fourth-order valence-corrected chi connectivity index (χ4v) is 3.96. The first-order valence-corrected chi connectivity index (χ1v) is 12.7. The summed E-state index contributed by atoms with van der Waals surface area (Å²) in [5.41, 5.74) is 2.62. The second kappa shape index (κ2) is 15.5. The Labute approximate surface area is 201 Å². The van der Waals surface area contributed by atoms with Crippen LogP contribution in [0.2, 0.25) is 0 Å². The SMILES string of the molecule is CCCCCCCCc1cccc(OCCCOC(=O)CC[N+](C)(C)Cc2ccccc2)c1. The van der Waals surface area contributed by atoms with Crippen molar-refractivity contribution >= 4 is 5.97 Å². The van der Waals surface area contributed by atoms with Crippen LogP contribution >= 0.6 is 0 Å². The van der Waals surface area contributed by atoms with Crippen molar-refractivity contribution in [2.45, 2.75) is 71.3 Å². The first-order chi connectivity index (χ1) is 16.0. The van der Waals surface area contributed by atoms with Crippen molar-refractivity contribution in [3.05, 3.63) is 65.7 Å². The number of ether oxygens (including phenoxy) is 2. The molecule has 0 fully saturated rings. The number of benzene rings is 2. The minimum absolute atomic E-state index is 0.129. The fourth-order valence-electron chi connectivity index (χ4n) is 3.96. The lowest BCUT2D eigenvalue weighted by Gasteiger charge is -2.29. The zero-order chi connectivity index (χ0) is 23.8. The Hall–Kier alpha value is -2.33. The maximum atomic E-state index is 12.1. The molecule has 0 amide bonds. The number of unbranched alkanes of at least 4 members (excludes halogenated alkanes) is 5. The summed E-state index contributed by atoms with van der Waals surface area (Å²) >= 11 is 0. The van der Waals surface area contributed by atoms with Crippen molar-refractivity contribution in [3.8, 4) is 5.75 Å². The highest BCUT2D eigenvalue weighted by Gasteiger charge is 2.18. The third-order valence-electron chi connectivity index (χ3n) is 5.91. The maximum absolute atomic E-state index is 12.1. The quantitative estimate of drug-likeness (QED) is 0.154. The van der Waals surface area contributed by atoms with E-state index in [1.807, 2.05) is 12.1 Å². The monoisotopic (exact) mass is 454 g/mol. The summed E-state index contributed by atoms with van der Waals surface area (Å²) in [4.78, 5) is 12.1. The minimum atomic E-state index is -0.129. The number of carbonyl (C=O) groups is 1. The molecule has 0 bridgehead atoms. The predicted octanol–water partition coefficient (Wildman–Crippen LogP) is 6.57. The first kappa shape index (κ1) is 26.9. The lowest BCUT2D eigenvalue weighted by Crippen LogP contribution is -2.40. The Morgan fingerprint density at radius 1 is 0.818 bits per heavy atom. The summed E-state index contributed by atoms with van der Waals surface area (Å²) in [6.45, 7) is 4.88. The standard InChI is InChI=1S/C29H44NO3/c1-4-5-6-7-8-10-15-26-18-13-19-28(24-26)32-22-14-23-33-29(31)20-21-30(2,3)25-27-16-11-9-12-17-27/h9,11-13,16-19,24H,4-8,10,14-15,20-23,25H2,1-3H3/q+1. The van der Waals surface area contributed by atoms with Crippen molar-refractivity contribution in [2.75, 3.05) is 33.9 Å². The van der Waals surface area contributed by atoms with Gasteiger partial charge in [-0.15, -0.1) is 0 Å². The number of nitrogens with zero attached hydrogens (tertiary/aromatic N) is 1. The molecule has 0 atom stereocenters. The lowest BCUT2D eigenvalue weighted by atomic mass is 10.0. The second-order valence-corrected chi connectivity index (χ2v) is 9.64. The summed E-state index contributed by atoms with van der Waals surface area (Å²) in [6.07, 6.45) is 10.1. The highest BCUT2D eigenvalue weighted by atomic mass is 16.5. The molecule has 0 saturated heterocycles. The van der Waals surface area contributed by atoms with Crippen molar-refractivity contribution in [3.63, 3.8) is 0 Å². The largest absolute Gasteiger partial charge is 0.493 e. The van der Waals surface area contributed by atoms with Crippen LogP contribution in [0.5, 0.6) is 5.75 Å². The zero-order valence-corrected chi connectivity index (χ0v) is 21.1. The Bertz CT molecular complexity index is 788. The van der Waals surface area contributed by atoms with Crippen LogP contribution in [-0.2, 0) is 22.5 Å². The lowest BCUT2D eigenvalue weighted by molar-refractivity contribution is -0.903. The van der Waals surface area contributed by atoms with Crippen LogP contribution in [0.3, 0.4) is 0 Å². The van der Waals surface area contributed by atoms with E-state index in [0.717, 1.165) is 29.7 Å². The van der Waals surface area contributed by atoms with Gasteiger partial charge in [-0.05, 0) is 30.5 Å². The van der Waals surface area contributed by atoms with Gasteiger partial charge in [0.05, 0.1) is 40.3 Å². The van der Waals surface area contributed by atoms with Gasteiger partial charge in [0, 0.05) is 12.0 Å². The van der Waals surface area contributed by atoms with E-state index in [-0.39, 0.29) is 5.97 Å². The third kappa shape index (κ3) is 12.5. The van der Waals surface area contributed by atoms with Crippen molar-refractivity contribution in [1.82, 2.24) is 0 Å². The average Bonchev–Trinajstić information content (AvgIpc) is 2.80. The molecule has 2 aromatic rings. The maximum Gasteiger partial charge on any atom is 0.311 e. The van der Waals surface area contributed by atoms with Crippen LogP contribution in [0.4, 0.5) is 0 Å². The highest BCUT2D eigenvalue weighted by Crippen LogP contribution is 2.17. The third-order valence-corrected chi connectivity index (χ3v) is 5.91. The van der Waals surface area contributed by atoms with Gasteiger partial charge in [-0.3, -0.25) is 4.79 Å². The molecule has 0 spiro atoms. The molecule has 0 heterocycles. The van der Waals surface area contributed by atoms with E-state index >= 15 is 0 Å². The molecular formula is C29H44NO3+. The molecule has 0 radical (unpaired) electrons. The van der Waals surface area contributed by atoms with Crippen LogP contribution in [-0.4, -0.2) is 44.3 Å². The molecule has 33 heavy (non-hydrogen) atoms. The number of hydrogen-bond acceptors (Lipinski definition) is 3. The van der Waals surface area contributed by atoms with E-state index < -0.39 is 0 Å². The predicted molar refractivity (Wildman–Crippen MR) is 136 cm³/mol. The van der Waals surface area contributed by atoms with E-state index in [1.165, 1.54) is 49.7 Å². The summed E-state index contributed by atoms with van der Waals surface area (Å²) in [7, 11) is 4.30. The van der Waals surface area contributed by atoms with E-state index in [2.05, 4.69) is 63.5 Å². The summed E-state index contributed by atoms with van der Waals surface area (Å²) in [5.74, 6) is 0.778. The molecule has 0 unspecified atom stereocenters. The Morgan fingerprint density at radius 3 is 2.33 bits per heavy atom. The van der Waals surface area contributed by atoms with Crippen LogP contribution in [0.25, 0.3) is 0 Å². The summed E-state index contributed by atoms with van der Waals surface area (Å²) in [5, 5.41) is 0. The van der Waals surface area contributed by atoms with Crippen molar-refractivity contribution in [1.29, 1.82) is 0 Å². The second-order valence-electron chi connectivity index (χ2n) is 9.64. The molecule has 182 valence electrons. The normalized spacial score (nSPS) is 11.4. The van der Waals surface area contributed by atoms with Crippen LogP contribution in [0, 0.1) is 0 Å². The Kier molecular flexibility index (Phi) is 12.6. The number of carbonyl (C=O) groups excluding carboxylic acids is 1. The molecule has 0 aliphatic rings. The van der Waals surface area contributed by atoms with Crippen LogP contribution in [0.15, 0.2) is 54.6 Å². The molecule has 0 N–H and O–H groups in total. The van der Waals surface area contributed by atoms with E-state index in [4.69, 9.17) is 9.47 Å². The minimum Gasteiger partial charge on any atom is -0.493 e. The molecule has 4 heteroatoms. The van der Waals surface area contributed by atoms with E-state index in [9.17, 15) is 4.79 Å². The fraction of sp³-hybridized carbons (Fsp3) is 0.552. The number of esters is 1. The Morgan fingerprint density at radius 2 is 1.55 bits per heavy atom. The summed E-state index contributed by atoms with van der Waals surface area (Å²) in [6, 6.07) is 18.8. The van der Waals surface area contributed by atoms with Gasteiger partial charge in [-0.1, -0.05) is 81.5 Å². The van der Waals surface area contributed by atoms with Crippen molar-refractivity contribution in [2.24, 2.45) is 0 Å². The van der Waals surface area contributed by atoms with Gasteiger partial charge in [-0.2, -0.15) is 0 Å². The Balaban J connectivity index is 1.56. The van der Waals surface area contributed by atoms with E-state index in [0.29, 0.717) is 26.1 Å². The molecule has 0 aromatic heterocycles. The molecule has 0 saturated carbocycles. The topological polar surface area (TPSA) is 35.5 Å². The van der Waals surface area contributed by atoms with Crippen LogP contribution < -0.4 is 4.74 Å². The highest BCUT2D eigenvalue weighted by molar-refractivity contribution is 5.69. The first-order valence-electron chi connectivity index (χ1n) is 12.7. The molecule has 2 aromatic carbocycles. The van der Waals surface area contributed by atoms with Gasteiger partial charge in [0.2, 0.25) is 0 Å². The number of quaternary nitrogens is 1. The number of rotatable bonds is 17. The molecule has 0 aliphatic heterocycles. The van der Waals surface area contributed by atoms with Crippen LogP contribution in [0.1, 0.15) is 69.4 Å². The van der Waals surface area contributed by atoms with E-state index in [1.54, 1.807) is 0 Å². The number of aryl methyl sites for hydroxylation is 1. The van der Waals surface area contributed by atoms with Gasteiger partial charge in [0.1, 0.15) is 12.3 Å². The van der Waals surface area contributed by atoms with Gasteiger partial charge < -0.3 is 14.0 Å². The molecular weight excluding hydrogens is 410 g/mol. The molecule has 4 nitrogen and oxygen atoms in total. The molecule has 0 aliphatic carbocycles.